The SMILES string of the molecule is CC1CCC(C)(NC(=O)c2n[nH]c3c2CNCC3)CC1.Cl. The summed E-state index contributed by atoms with van der Waals surface area (Å²) in [6.07, 6.45) is 5.42. The van der Waals surface area contributed by atoms with Crippen LogP contribution in [0.1, 0.15) is 61.3 Å². The second kappa shape index (κ2) is 6.36. The number of aromatic nitrogens is 2. The predicted molar refractivity (Wildman–Crippen MR) is 84.7 cm³/mol. The van der Waals surface area contributed by atoms with Gasteiger partial charge in [-0.05, 0) is 38.5 Å². The third kappa shape index (κ3) is 3.40. The molecule has 21 heavy (non-hydrogen) atoms. The molecule has 6 heteroatoms. The fraction of sp³-hybridized carbons (Fsp3) is 0.733. The largest absolute Gasteiger partial charge is 0.345 e. The summed E-state index contributed by atoms with van der Waals surface area (Å²) in [5, 5.41) is 13.8. The number of hydrogen-bond acceptors (Lipinski definition) is 3. The van der Waals surface area contributed by atoms with Gasteiger partial charge in [0.05, 0.1) is 0 Å². The molecule has 3 N–H and O–H groups in total. The zero-order chi connectivity index (χ0) is 14.2. The monoisotopic (exact) mass is 312 g/mol. The van der Waals surface area contributed by atoms with Crippen LogP contribution in [0.2, 0.25) is 0 Å². The summed E-state index contributed by atoms with van der Waals surface area (Å²) in [7, 11) is 0. The van der Waals surface area contributed by atoms with Crippen LogP contribution in [-0.4, -0.2) is 28.2 Å². The molecule has 0 unspecified atom stereocenters. The quantitative estimate of drug-likeness (QED) is 0.784. The molecular formula is C15H25ClN4O. The molecule has 1 aliphatic heterocycles. The number of rotatable bonds is 2. The number of nitrogens with one attached hydrogen (secondary N) is 3. The minimum absolute atomic E-state index is 0. The molecule has 1 aromatic rings. The summed E-state index contributed by atoms with van der Waals surface area (Å²) < 4.78 is 0. The van der Waals surface area contributed by atoms with E-state index in [2.05, 4.69) is 34.7 Å². The van der Waals surface area contributed by atoms with Gasteiger partial charge in [0.25, 0.3) is 5.91 Å². The van der Waals surface area contributed by atoms with E-state index in [4.69, 9.17) is 0 Å². The molecule has 0 aromatic carbocycles. The molecule has 1 amide bonds. The molecule has 2 heterocycles. The first kappa shape index (κ1) is 16.3. The first-order chi connectivity index (χ1) is 9.57. The van der Waals surface area contributed by atoms with Crippen molar-refractivity contribution < 1.29 is 4.79 Å². The number of carbonyl (C=O) groups is 1. The van der Waals surface area contributed by atoms with E-state index < -0.39 is 0 Å². The summed E-state index contributed by atoms with van der Waals surface area (Å²) >= 11 is 0. The van der Waals surface area contributed by atoms with Crippen molar-refractivity contribution in [2.24, 2.45) is 5.92 Å². The lowest BCUT2D eigenvalue weighted by molar-refractivity contribution is 0.0863. The van der Waals surface area contributed by atoms with Crippen molar-refractivity contribution in [1.29, 1.82) is 0 Å². The summed E-state index contributed by atoms with van der Waals surface area (Å²) in [6, 6.07) is 0. The van der Waals surface area contributed by atoms with Gasteiger partial charge in [0.15, 0.2) is 5.69 Å². The average Bonchev–Trinajstić information content (AvgIpc) is 2.86. The Labute approximate surface area is 132 Å². The van der Waals surface area contributed by atoms with Crippen LogP contribution in [0.5, 0.6) is 0 Å². The van der Waals surface area contributed by atoms with Gasteiger partial charge in [0.2, 0.25) is 0 Å². The van der Waals surface area contributed by atoms with Gasteiger partial charge in [-0.2, -0.15) is 5.10 Å². The normalized spacial score (nSPS) is 28.4. The maximum atomic E-state index is 12.5. The number of amides is 1. The van der Waals surface area contributed by atoms with Crippen LogP contribution >= 0.6 is 12.4 Å². The van der Waals surface area contributed by atoms with Gasteiger partial charge in [-0.15, -0.1) is 12.4 Å². The van der Waals surface area contributed by atoms with Crippen LogP contribution in [0.15, 0.2) is 0 Å². The van der Waals surface area contributed by atoms with Gasteiger partial charge in [-0.25, -0.2) is 0 Å². The van der Waals surface area contributed by atoms with E-state index in [1.807, 2.05) is 0 Å². The first-order valence-corrected chi connectivity index (χ1v) is 7.67. The maximum Gasteiger partial charge on any atom is 0.272 e. The molecule has 1 saturated carbocycles. The highest BCUT2D eigenvalue weighted by atomic mass is 35.5. The van der Waals surface area contributed by atoms with Crippen molar-refractivity contribution >= 4 is 18.3 Å². The number of aromatic amines is 1. The molecule has 0 spiro atoms. The first-order valence-electron chi connectivity index (χ1n) is 7.67. The summed E-state index contributed by atoms with van der Waals surface area (Å²) in [5.41, 5.74) is 2.65. The molecule has 1 aliphatic carbocycles. The van der Waals surface area contributed by atoms with Crippen molar-refractivity contribution in [3.8, 4) is 0 Å². The molecular weight excluding hydrogens is 288 g/mol. The Bertz CT molecular complexity index is 506. The van der Waals surface area contributed by atoms with Crippen molar-refractivity contribution in [2.75, 3.05) is 6.54 Å². The van der Waals surface area contributed by atoms with E-state index in [1.165, 1.54) is 12.8 Å². The summed E-state index contributed by atoms with van der Waals surface area (Å²) in [6.45, 7) is 6.14. The summed E-state index contributed by atoms with van der Waals surface area (Å²) in [4.78, 5) is 12.5. The van der Waals surface area contributed by atoms with E-state index in [0.29, 0.717) is 5.69 Å². The third-order valence-corrected chi connectivity index (χ3v) is 4.81. The van der Waals surface area contributed by atoms with Gasteiger partial charge in [0.1, 0.15) is 0 Å². The number of H-pyrrole nitrogens is 1. The summed E-state index contributed by atoms with van der Waals surface area (Å²) in [5.74, 6) is 0.755. The molecule has 1 fully saturated rings. The number of halogens is 1. The number of nitrogens with zero attached hydrogens (tertiary/aromatic N) is 1. The number of fused-ring (bicyclic) bond motifs is 1. The maximum absolute atomic E-state index is 12.5. The standard InChI is InChI=1S/C15H24N4O.ClH/c1-10-3-6-15(2,7-4-10)17-14(20)13-11-9-16-8-5-12(11)18-19-13;/h10,16H,3-9H2,1-2H3,(H,17,20)(H,18,19);1H. The molecule has 0 atom stereocenters. The lowest BCUT2D eigenvalue weighted by Gasteiger charge is -2.37. The molecule has 3 rings (SSSR count). The van der Waals surface area contributed by atoms with E-state index in [9.17, 15) is 4.79 Å². The van der Waals surface area contributed by atoms with Gasteiger partial charge in [-0.3, -0.25) is 9.89 Å². The van der Waals surface area contributed by atoms with Crippen molar-refractivity contribution in [1.82, 2.24) is 20.8 Å². The fourth-order valence-corrected chi connectivity index (χ4v) is 3.27. The van der Waals surface area contributed by atoms with Crippen molar-refractivity contribution in [3.05, 3.63) is 17.0 Å². The van der Waals surface area contributed by atoms with E-state index in [-0.39, 0.29) is 23.9 Å². The topological polar surface area (TPSA) is 69.8 Å². The Morgan fingerprint density at radius 1 is 1.38 bits per heavy atom. The van der Waals surface area contributed by atoms with Crippen LogP contribution in [0, 0.1) is 5.92 Å². The Kier molecular flexibility index (Phi) is 4.94. The minimum Gasteiger partial charge on any atom is -0.345 e. The van der Waals surface area contributed by atoms with Gasteiger partial charge >= 0.3 is 0 Å². The Morgan fingerprint density at radius 3 is 2.81 bits per heavy atom. The predicted octanol–water partition coefficient (Wildman–Crippen LogP) is 2.18. The molecule has 0 bridgehead atoms. The molecule has 5 nitrogen and oxygen atoms in total. The van der Waals surface area contributed by atoms with E-state index >= 15 is 0 Å². The minimum atomic E-state index is -0.0719. The van der Waals surface area contributed by atoms with Crippen LogP contribution < -0.4 is 10.6 Å². The van der Waals surface area contributed by atoms with Crippen LogP contribution in [0.3, 0.4) is 0 Å². The second-order valence-electron chi connectivity index (χ2n) is 6.65. The Morgan fingerprint density at radius 2 is 2.10 bits per heavy atom. The van der Waals surface area contributed by atoms with E-state index in [1.54, 1.807) is 0 Å². The highest BCUT2D eigenvalue weighted by Crippen LogP contribution is 2.31. The lowest BCUT2D eigenvalue weighted by Crippen LogP contribution is -2.48. The zero-order valence-corrected chi connectivity index (χ0v) is 13.6. The molecule has 118 valence electrons. The fourth-order valence-electron chi connectivity index (χ4n) is 3.27. The molecule has 2 aliphatic rings. The van der Waals surface area contributed by atoms with Crippen molar-refractivity contribution in [3.63, 3.8) is 0 Å². The van der Waals surface area contributed by atoms with Crippen molar-refractivity contribution in [2.45, 2.75) is 58.0 Å². The number of hydrogen-bond donors (Lipinski definition) is 3. The van der Waals surface area contributed by atoms with Gasteiger partial charge < -0.3 is 10.6 Å². The third-order valence-electron chi connectivity index (χ3n) is 4.81. The van der Waals surface area contributed by atoms with Crippen LogP contribution in [-0.2, 0) is 13.0 Å². The van der Waals surface area contributed by atoms with Gasteiger partial charge in [-0.1, -0.05) is 6.92 Å². The highest BCUT2D eigenvalue weighted by molar-refractivity contribution is 5.94. The molecule has 1 aromatic heterocycles. The Balaban J connectivity index is 0.00000161. The van der Waals surface area contributed by atoms with Crippen LogP contribution in [0.25, 0.3) is 0 Å². The molecule has 0 saturated heterocycles. The van der Waals surface area contributed by atoms with E-state index in [0.717, 1.165) is 49.5 Å². The molecule has 0 radical (unpaired) electrons. The smallest absolute Gasteiger partial charge is 0.272 e. The van der Waals surface area contributed by atoms with Crippen LogP contribution in [0.4, 0.5) is 0 Å². The highest BCUT2D eigenvalue weighted by Gasteiger charge is 2.33. The lowest BCUT2D eigenvalue weighted by atomic mass is 9.78. The Hall–Kier alpha value is -1.07. The average molecular weight is 313 g/mol. The second-order valence-corrected chi connectivity index (χ2v) is 6.65. The van der Waals surface area contributed by atoms with Gasteiger partial charge in [0, 0.05) is 36.3 Å². The zero-order valence-electron chi connectivity index (χ0n) is 12.8. The number of carbonyl (C=O) groups excluding carboxylic acids is 1.